The summed E-state index contributed by atoms with van der Waals surface area (Å²) in [5.41, 5.74) is 5.64. The maximum atomic E-state index is 11.5. The van der Waals surface area contributed by atoms with Gasteiger partial charge >= 0.3 is 0 Å². The van der Waals surface area contributed by atoms with Gasteiger partial charge in [0.1, 0.15) is 0 Å². The van der Waals surface area contributed by atoms with Gasteiger partial charge in [0, 0.05) is 0 Å². The van der Waals surface area contributed by atoms with E-state index in [9.17, 15) is 9.59 Å². The summed E-state index contributed by atoms with van der Waals surface area (Å²) in [6.07, 6.45) is 4.36. The number of thioether (sulfide) groups is 1. The lowest BCUT2D eigenvalue weighted by Crippen LogP contribution is -2.48. The Morgan fingerprint density at radius 1 is 1.53 bits per heavy atom. The van der Waals surface area contributed by atoms with Crippen LogP contribution in [-0.4, -0.2) is 36.3 Å². The van der Waals surface area contributed by atoms with E-state index < -0.39 is 12.1 Å². The van der Waals surface area contributed by atoms with Crippen LogP contribution >= 0.6 is 11.8 Å². The van der Waals surface area contributed by atoms with E-state index in [0.29, 0.717) is 6.42 Å². The van der Waals surface area contributed by atoms with Gasteiger partial charge in [-0.2, -0.15) is 11.8 Å². The summed E-state index contributed by atoms with van der Waals surface area (Å²) < 4.78 is 0. The molecule has 4 nitrogen and oxygen atoms in total. The molecule has 0 aliphatic heterocycles. The fourth-order valence-electron chi connectivity index (χ4n) is 0.967. The SMILES string of the molecule is CSCC[C@@H]([C]=O)NC(=O)[C@@H](N)C(C)C. The maximum absolute atomic E-state index is 11.5. The zero-order chi connectivity index (χ0) is 11.8. The van der Waals surface area contributed by atoms with Crippen molar-refractivity contribution in [3.05, 3.63) is 0 Å². The summed E-state index contributed by atoms with van der Waals surface area (Å²) in [6.45, 7) is 3.73. The van der Waals surface area contributed by atoms with Crippen LogP contribution in [0.5, 0.6) is 0 Å². The fourth-order valence-corrected chi connectivity index (χ4v) is 1.44. The first-order chi connectivity index (χ1) is 7.02. The number of carbonyl (C=O) groups is 1. The average molecular weight is 231 g/mol. The summed E-state index contributed by atoms with van der Waals surface area (Å²) in [4.78, 5) is 22.0. The first kappa shape index (κ1) is 14.5. The maximum Gasteiger partial charge on any atom is 0.237 e. The molecule has 0 aromatic heterocycles. The Bertz CT molecular complexity index is 210. The normalized spacial score (nSPS) is 14.7. The number of nitrogens with one attached hydrogen (secondary N) is 1. The molecule has 5 heteroatoms. The molecule has 0 aromatic carbocycles. The molecule has 0 unspecified atom stereocenters. The molecule has 87 valence electrons. The Hall–Kier alpha value is -0.550. The fraction of sp³-hybridized carbons (Fsp3) is 0.800. The van der Waals surface area contributed by atoms with Gasteiger partial charge in [-0.15, -0.1) is 0 Å². The highest BCUT2D eigenvalue weighted by Gasteiger charge is 2.20. The van der Waals surface area contributed by atoms with Crippen LogP contribution in [0, 0.1) is 5.92 Å². The largest absolute Gasteiger partial charge is 0.344 e. The first-order valence-corrected chi connectivity index (χ1v) is 6.34. The quantitative estimate of drug-likeness (QED) is 0.662. The molecule has 1 radical (unpaired) electrons. The number of amides is 1. The molecular formula is C10H19N2O2S. The Labute approximate surface area is 95.4 Å². The van der Waals surface area contributed by atoms with Crippen molar-refractivity contribution < 1.29 is 9.59 Å². The zero-order valence-corrected chi connectivity index (χ0v) is 10.3. The molecule has 0 aromatic rings. The van der Waals surface area contributed by atoms with E-state index in [-0.39, 0.29) is 11.8 Å². The van der Waals surface area contributed by atoms with E-state index in [0.717, 1.165) is 5.75 Å². The molecule has 0 saturated heterocycles. The van der Waals surface area contributed by atoms with E-state index in [4.69, 9.17) is 5.73 Å². The highest BCUT2D eigenvalue weighted by molar-refractivity contribution is 7.98. The third-order valence-electron chi connectivity index (χ3n) is 2.09. The summed E-state index contributed by atoms with van der Waals surface area (Å²) >= 11 is 1.63. The standard InChI is InChI=1S/C10H19N2O2S/c1-7(2)9(11)10(14)12-8(6-13)4-5-15-3/h7-9H,4-5,11H2,1-3H3,(H,12,14)/t8-,9-/m0/s1. The molecule has 0 fully saturated rings. The number of hydrogen-bond donors (Lipinski definition) is 2. The van der Waals surface area contributed by atoms with Crippen molar-refractivity contribution >= 4 is 24.0 Å². The zero-order valence-electron chi connectivity index (χ0n) is 9.45. The second-order valence-corrected chi connectivity index (χ2v) is 4.72. The summed E-state index contributed by atoms with van der Waals surface area (Å²) in [7, 11) is 0. The predicted molar refractivity (Wildman–Crippen MR) is 63.4 cm³/mol. The van der Waals surface area contributed by atoms with E-state index >= 15 is 0 Å². The Balaban J connectivity index is 4.06. The van der Waals surface area contributed by atoms with E-state index in [1.807, 2.05) is 26.4 Å². The van der Waals surface area contributed by atoms with Crippen molar-refractivity contribution in [2.75, 3.05) is 12.0 Å². The smallest absolute Gasteiger partial charge is 0.237 e. The second kappa shape index (κ2) is 7.70. The van der Waals surface area contributed by atoms with Gasteiger partial charge < -0.3 is 11.1 Å². The lowest BCUT2D eigenvalue weighted by molar-refractivity contribution is -0.123. The molecule has 0 bridgehead atoms. The molecule has 0 aliphatic carbocycles. The van der Waals surface area contributed by atoms with Crippen LogP contribution in [0.3, 0.4) is 0 Å². The van der Waals surface area contributed by atoms with E-state index in [2.05, 4.69) is 5.32 Å². The molecule has 0 saturated carbocycles. The monoisotopic (exact) mass is 231 g/mol. The third-order valence-corrected chi connectivity index (χ3v) is 2.73. The van der Waals surface area contributed by atoms with Crippen LogP contribution in [0.25, 0.3) is 0 Å². The molecule has 0 heterocycles. The van der Waals surface area contributed by atoms with Gasteiger partial charge in [-0.3, -0.25) is 9.59 Å². The molecule has 2 atom stereocenters. The molecule has 15 heavy (non-hydrogen) atoms. The van der Waals surface area contributed by atoms with Gasteiger partial charge in [0.25, 0.3) is 0 Å². The Morgan fingerprint density at radius 2 is 2.13 bits per heavy atom. The van der Waals surface area contributed by atoms with Crippen LogP contribution in [0.15, 0.2) is 0 Å². The average Bonchev–Trinajstić information content (AvgIpc) is 2.22. The first-order valence-electron chi connectivity index (χ1n) is 4.95. The van der Waals surface area contributed by atoms with Gasteiger partial charge in [0.2, 0.25) is 12.2 Å². The summed E-state index contributed by atoms with van der Waals surface area (Å²) in [6, 6.07) is -1.09. The molecule has 0 spiro atoms. The minimum atomic E-state index is -0.560. The van der Waals surface area contributed by atoms with E-state index in [1.165, 1.54) is 0 Å². The van der Waals surface area contributed by atoms with Crippen molar-refractivity contribution in [1.82, 2.24) is 5.32 Å². The third kappa shape index (κ3) is 5.79. The van der Waals surface area contributed by atoms with Gasteiger partial charge in [0.15, 0.2) is 0 Å². The van der Waals surface area contributed by atoms with Crippen molar-refractivity contribution in [3.8, 4) is 0 Å². The Morgan fingerprint density at radius 3 is 2.53 bits per heavy atom. The minimum Gasteiger partial charge on any atom is -0.344 e. The summed E-state index contributed by atoms with van der Waals surface area (Å²) in [5.74, 6) is 0.606. The molecule has 1 amide bonds. The minimum absolute atomic E-state index is 0.0675. The van der Waals surface area contributed by atoms with Crippen LogP contribution in [0.4, 0.5) is 0 Å². The van der Waals surface area contributed by atoms with Gasteiger partial charge in [-0.1, -0.05) is 13.8 Å². The Kier molecular flexibility index (Phi) is 7.42. The number of carbonyl (C=O) groups excluding carboxylic acids is 2. The number of nitrogens with two attached hydrogens (primary N) is 1. The predicted octanol–water partition coefficient (Wildman–Crippen LogP) is 0.317. The van der Waals surface area contributed by atoms with Crippen LogP contribution < -0.4 is 11.1 Å². The molecule has 0 rings (SSSR count). The van der Waals surface area contributed by atoms with Crippen molar-refractivity contribution in [1.29, 1.82) is 0 Å². The van der Waals surface area contributed by atoms with Crippen molar-refractivity contribution in [2.45, 2.75) is 32.4 Å². The molecule has 0 aliphatic rings. The summed E-state index contributed by atoms with van der Waals surface area (Å²) in [5, 5.41) is 2.58. The molecular weight excluding hydrogens is 212 g/mol. The topological polar surface area (TPSA) is 72.2 Å². The highest BCUT2D eigenvalue weighted by Crippen LogP contribution is 2.01. The van der Waals surface area contributed by atoms with Gasteiger partial charge in [-0.25, -0.2) is 0 Å². The second-order valence-electron chi connectivity index (χ2n) is 3.73. The van der Waals surface area contributed by atoms with Crippen LogP contribution in [-0.2, 0) is 9.59 Å². The van der Waals surface area contributed by atoms with Crippen LogP contribution in [0.1, 0.15) is 20.3 Å². The number of hydrogen-bond acceptors (Lipinski definition) is 4. The highest BCUT2D eigenvalue weighted by atomic mass is 32.2. The number of rotatable bonds is 7. The van der Waals surface area contributed by atoms with Gasteiger partial charge in [-0.05, 0) is 24.3 Å². The van der Waals surface area contributed by atoms with Crippen molar-refractivity contribution in [3.63, 3.8) is 0 Å². The van der Waals surface area contributed by atoms with Crippen LogP contribution in [0.2, 0.25) is 0 Å². The van der Waals surface area contributed by atoms with Gasteiger partial charge in [0.05, 0.1) is 12.1 Å². The van der Waals surface area contributed by atoms with Crippen molar-refractivity contribution in [2.24, 2.45) is 11.7 Å². The molecule has 3 N–H and O–H groups in total. The van der Waals surface area contributed by atoms with E-state index in [1.54, 1.807) is 11.8 Å². The lowest BCUT2D eigenvalue weighted by Gasteiger charge is -2.18. The lowest BCUT2D eigenvalue weighted by atomic mass is 10.0.